The predicted octanol–water partition coefficient (Wildman–Crippen LogP) is 3.72. The molecule has 30 heavy (non-hydrogen) atoms. The molecule has 1 aliphatic heterocycles. The van der Waals surface area contributed by atoms with E-state index in [1.54, 1.807) is 35.4 Å². The molecule has 1 amide bonds. The normalized spacial score (nSPS) is 15.0. The van der Waals surface area contributed by atoms with Gasteiger partial charge in [-0.3, -0.25) is 14.5 Å². The van der Waals surface area contributed by atoms with E-state index in [4.69, 9.17) is 4.42 Å². The molecule has 6 nitrogen and oxygen atoms in total. The third-order valence-electron chi connectivity index (χ3n) is 5.64. The van der Waals surface area contributed by atoms with Gasteiger partial charge in [0.1, 0.15) is 11.3 Å². The van der Waals surface area contributed by atoms with Crippen molar-refractivity contribution in [2.24, 2.45) is 0 Å². The zero-order valence-corrected chi connectivity index (χ0v) is 17.4. The van der Waals surface area contributed by atoms with Crippen LogP contribution in [0.3, 0.4) is 0 Å². The summed E-state index contributed by atoms with van der Waals surface area (Å²) in [6.45, 7) is 8.07. The predicted molar refractivity (Wildman–Crippen MR) is 116 cm³/mol. The van der Waals surface area contributed by atoms with Crippen molar-refractivity contribution in [2.75, 3.05) is 26.2 Å². The second-order valence-electron chi connectivity index (χ2n) is 8.06. The van der Waals surface area contributed by atoms with Crippen molar-refractivity contribution in [2.45, 2.75) is 26.3 Å². The molecule has 0 aliphatic carbocycles. The lowest BCUT2D eigenvalue weighted by atomic mass is 10.0. The van der Waals surface area contributed by atoms with Crippen LogP contribution in [0.4, 0.5) is 0 Å². The van der Waals surface area contributed by atoms with Crippen LogP contribution >= 0.6 is 0 Å². The van der Waals surface area contributed by atoms with E-state index in [0.29, 0.717) is 30.5 Å². The van der Waals surface area contributed by atoms with Gasteiger partial charge in [-0.05, 0) is 41.3 Å². The highest BCUT2D eigenvalue weighted by molar-refractivity contribution is 5.94. The summed E-state index contributed by atoms with van der Waals surface area (Å²) in [5, 5.41) is 0. The van der Waals surface area contributed by atoms with Crippen molar-refractivity contribution in [1.29, 1.82) is 0 Å². The highest BCUT2D eigenvalue weighted by atomic mass is 16.3. The summed E-state index contributed by atoms with van der Waals surface area (Å²) in [4.78, 5) is 32.1. The van der Waals surface area contributed by atoms with Gasteiger partial charge >= 0.3 is 0 Å². The molecular formula is C24H27N3O3. The number of aromatic nitrogens is 1. The Morgan fingerprint density at radius 2 is 1.77 bits per heavy atom. The molecular weight excluding hydrogens is 378 g/mol. The molecule has 1 N–H and O–H groups in total. The van der Waals surface area contributed by atoms with Crippen molar-refractivity contribution < 1.29 is 9.21 Å². The smallest absolute Gasteiger partial charge is 0.261 e. The number of H-pyrrole nitrogens is 1. The van der Waals surface area contributed by atoms with Gasteiger partial charge in [-0.15, -0.1) is 0 Å². The van der Waals surface area contributed by atoms with Crippen LogP contribution in [0.2, 0.25) is 0 Å². The second kappa shape index (κ2) is 8.71. The fraction of sp³-hybridized carbons (Fsp3) is 0.333. The number of nitrogens with one attached hydrogen (secondary N) is 1. The summed E-state index contributed by atoms with van der Waals surface area (Å²) in [6.07, 6.45) is 1.55. The number of piperazine rings is 1. The number of rotatable bonds is 5. The zero-order valence-electron chi connectivity index (χ0n) is 17.4. The molecule has 0 saturated carbocycles. The number of furan rings is 1. The molecule has 0 spiro atoms. The van der Waals surface area contributed by atoms with Crippen molar-refractivity contribution in [3.05, 3.63) is 81.8 Å². The summed E-state index contributed by atoms with van der Waals surface area (Å²) >= 11 is 0. The van der Waals surface area contributed by atoms with Crippen LogP contribution < -0.4 is 5.56 Å². The van der Waals surface area contributed by atoms with Gasteiger partial charge in [-0.1, -0.05) is 38.1 Å². The number of pyridine rings is 1. The Labute approximate surface area is 176 Å². The van der Waals surface area contributed by atoms with Crippen LogP contribution in [-0.2, 0) is 6.54 Å². The van der Waals surface area contributed by atoms with Gasteiger partial charge in [0, 0.05) is 32.7 Å². The first-order chi connectivity index (χ1) is 14.5. The Hall–Kier alpha value is -3.12. The topological polar surface area (TPSA) is 69.5 Å². The quantitative estimate of drug-likeness (QED) is 0.702. The molecule has 3 heterocycles. The van der Waals surface area contributed by atoms with Crippen LogP contribution in [0.15, 0.2) is 64.0 Å². The molecule has 3 aromatic rings. The third kappa shape index (κ3) is 4.39. The first-order valence-electron chi connectivity index (χ1n) is 10.4. The first kappa shape index (κ1) is 20.2. The molecule has 156 valence electrons. The average Bonchev–Trinajstić information content (AvgIpc) is 3.29. The first-order valence-corrected chi connectivity index (χ1v) is 10.4. The van der Waals surface area contributed by atoms with Crippen molar-refractivity contribution in [3.8, 4) is 11.5 Å². The lowest BCUT2D eigenvalue weighted by Crippen LogP contribution is -2.49. The zero-order chi connectivity index (χ0) is 21.1. The van der Waals surface area contributed by atoms with Crippen LogP contribution in [0.25, 0.3) is 11.5 Å². The number of hydrogen-bond donors (Lipinski definition) is 1. The number of benzene rings is 1. The Morgan fingerprint density at radius 3 is 2.37 bits per heavy atom. The van der Waals surface area contributed by atoms with E-state index in [-0.39, 0.29) is 17.0 Å². The van der Waals surface area contributed by atoms with Crippen molar-refractivity contribution in [3.63, 3.8) is 0 Å². The van der Waals surface area contributed by atoms with E-state index in [2.05, 4.69) is 48.0 Å². The van der Waals surface area contributed by atoms with Gasteiger partial charge in [0.05, 0.1) is 12.0 Å². The number of amides is 1. The molecule has 1 fully saturated rings. The Kier molecular flexibility index (Phi) is 5.86. The second-order valence-corrected chi connectivity index (χ2v) is 8.06. The minimum atomic E-state index is -0.387. The number of hydrogen-bond acceptors (Lipinski definition) is 4. The van der Waals surface area contributed by atoms with Gasteiger partial charge in [0.15, 0.2) is 0 Å². The molecule has 6 heteroatoms. The summed E-state index contributed by atoms with van der Waals surface area (Å²) < 4.78 is 5.30. The lowest BCUT2D eigenvalue weighted by Gasteiger charge is -2.34. The van der Waals surface area contributed by atoms with Crippen LogP contribution in [0.5, 0.6) is 0 Å². The van der Waals surface area contributed by atoms with Crippen molar-refractivity contribution in [1.82, 2.24) is 14.8 Å². The fourth-order valence-electron chi connectivity index (χ4n) is 3.76. The van der Waals surface area contributed by atoms with Gasteiger partial charge < -0.3 is 14.3 Å². The molecule has 2 aromatic heterocycles. The van der Waals surface area contributed by atoms with Crippen molar-refractivity contribution >= 4 is 5.91 Å². The Morgan fingerprint density at radius 1 is 1.03 bits per heavy atom. The number of carbonyl (C=O) groups excluding carboxylic acids is 1. The summed E-state index contributed by atoms with van der Waals surface area (Å²) in [7, 11) is 0. The molecule has 1 aromatic carbocycles. The molecule has 1 aliphatic rings. The molecule has 1 saturated heterocycles. The molecule has 4 rings (SSSR count). The molecule has 0 unspecified atom stereocenters. The Bertz CT molecular complexity index is 1040. The van der Waals surface area contributed by atoms with Gasteiger partial charge in [-0.2, -0.15) is 0 Å². The summed E-state index contributed by atoms with van der Waals surface area (Å²) in [5.74, 6) is 0.884. The highest BCUT2D eigenvalue weighted by Gasteiger charge is 2.24. The Balaban J connectivity index is 1.36. The highest BCUT2D eigenvalue weighted by Crippen LogP contribution is 2.18. The maximum Gasteiger partial charge on any atom is 0.261 e. The van der Waals surface area contributed by atoms with E-state index >= 15 is 0 Å². The maximum atomic E-state index is 12.8. The maximum absolute atomic E-state index is 12.8. The van der Waals surface area contributed by atoms with Gasteiger partial charge in [0.25, 0.3) is 11.5 Å². The van der Waals surface area contributed by atoms with Crippen LogP contribution in [0, 0.1) is 0 Å². The molecule has 0 atom stereocenters. The minimum Gasteiger partial charge on any atom is -0.463 e. The average molecular weight is 405 g/mol. The number of nitrogens with zero attached hydrogens (tertiary/aromatic N) is 2. The largest absolute Gasteiger partial charge is 0.463 e. The lowest BCUT2D eigenvalue weighted by molar-refractivity contribution is 0.0626. The van der Waals surface area contributed by atoms with E-state index in [9.17, 15) is 9.59 Å². The van der Waals surface area contributed by atoms with E-state index in [0.717, 1.165) is 19.6 Å². The van der Waals surface area contributed by atoms with Crippen LogP contribution in [-0.4, -0.2) is 46.9 Å². The molecule has 0 radical (unpaired) electrons. The SMILES string of the molecule is CC(C)c1ccc(CN2CCN(C(=O)c3ccc(-c4ccco4)[nH]c3=O)CC2)cc1. The number of aromatic amines is 1. The van der Waals surface area contributed by atoms with Gasteiger partial charge in [-0.25, -0.2) is 0 Å². The standard InChI is InChI=1S/C24H27N3O3/c1-17(2)19-7-5-18(6-8-19)16-26-11-13-27(14-12-26)24(29)20-9-10-21(25-23(20)28)22-4-3-15-30-22/h3-10,15,17H,11-14,16H2,1-2H3,(H,25,28). The van der Waals surface area contributed by atoms with Gasteiger partial charge in [0.2, 0.25) is 0 Å². The summed E-state index contributed by atoms with van der Waals surface area (Å²) in [5.41, 5.74) is 2.97. The van der Waals surface area contributed by atoms with E-state index in [1.165, 1.54) is 11.1 Å². The minimum absolute atomic E-state index is 0.169. The van der Waals surface area contributed by atoms with E-state index in [1.807, 2.05) is 0 Å². The summed E-state index contributed by atoms with van der Waals surface area (Å²) in [6, 6.07) is 15.6. The van der Waals surface area contributed by atoms with E-state index < -0.39 is 0 Å². The molecule has 0 bridgehead atoms. The number of carbonyl (C=O) groups is 1. The monoisotopic (exact) mass is 405 g/mol. The van der Waals surface area contributed by atoms with Crippen LogP contribution in [0.1, 0.15) is 41.3 Å². The fourth-order valence-corrected chi connectivity index (χ4v) is 3.76. The third-order valence-corrected chi connectivity index (χ3v) is 5.64.